The second-order valence-corrected chi connectivity index (χ2v) is 5.83. The van der Waals surface area contributed by atoms with Crippen molar-refractivity contribution in [1.29, 1.82) is 0 Å². The Morgan fingerprint density at radius 3 is 2.74 bits per heavy atom. The molecule has 2 rings (SSSR count). The van der Waals surface area contributed by atoms with Crippen molar-refractivity contribution in [3.63, 3.8) is 0 Å². The predicted octanol–water partition coefficient (Wildman–Crippen LogP) is 0.829. The Hall–Kier alpha value is -2.27. The number of benzene rings is 1. The number of anilines is 2. The fourth-order valence-electron chi connectivity index (χ4n) is 1.25. The number of rotatable bonds is 4. The second-order valence-electron chi connectivity index (χ2n) is 3.36. The van der Waals surface area contributed by atoms with E-state index in [2.05, 4.69) is 14.3 Å². The molecule has 0 unspecified atom stereocenters. The zero-order chi connectivity index (χ0) is 14.0. The summed E-state index contributed by atoms with van der Waals surface area (Å²) in [5.41, 5.74) is 4.82. The van der Waals surface area contributed by atoms with E-state index < -0.39 is 20.6 Å². The van der Waals surface area contributed by atoms with Crippen molar-refractivity contribution in [2.45, 2.75) is 4.90 Å². The predicted molar refractivity (Wildman–Crippen MR) is 68.2 cm³/mol. The number of nitrogens with one attached hydrogen (secondary N) is 1. The van der Waals surface area contributed by atoms with Gasteiger partial charge in [0.05, 0.1) is 16.0 Å². The van der Waals surface area contributed by atoms with Crippen LogP contribution in [0.25, 0.3) is 0 Å². The van der Waals surface area contributed by atoms with E-state index in [1.54, 1.807) is 0 Å². The lowest BCUT2D eigenvalue weighted by molar-refractivity contribution is -0.384. The third-order valence-electron chi connectivity index (χ3n) is 2.11. The van der Waals surface area contributed by atoms with Crippen LogP contribution in [0, 0.1) is 10.1 Å². The molecule has 11 heteroatoms. The minimum absolute atomic E-state index is 0.108. The molecule has 19 heavy (non-hydrogen) atoms. The number of hydrogen-bond donors (Lipinski definition) is 2. The first-order chi connectivity index (χ1) is 8.90. The molecule has 1 heterocycles. The first-order valence-electron chi connectivity index (χ1n) is 4.74. The molecule has 0 fully saturated rings. The third kappa shape index (κ3) is 2.77. The van der Waals surface area contributed by atoms with Crippen LogP contribution in [-0.4, -0.2) is 22.9 Å². The van der Waals surface area contributed by atoms with Crippen molar-refractivity contribution < 1.29 is 13.3 Å². The molecule has 0 saturated heterocycles. The van der Waals surface area contributed by atoms with Crippen LogP contribution < -0.4 is 10.5 Å². The summed E-state index contributed by atoms with van der Waals surface area (Å²) in [5.74, 6) is 0. The molecule has 9 nitrogen and oxygen atoms in total. The van der Waals surface area contributed by atoms with Gasteiger partial charge in [-0.1, -0.05) is 4.49 Å². The molecule has 0 aliphatic rings. The molecule has 0 bridgehead atoms. The lowest BCUT2D eigenvalue weighted by Gasteiger charge is -2.05. The van der Waals surface area contributed by atoms with Crippen molar-refractivity contribution in [2.75, 3.05) is 10.5 Å². The minimum Gasteiger partial charge on any atom is -0.393 e. The SMILES string of the molecule is Nc1ccc(S(=O)(=O)Nc2cnns2)cc1[N+](=O)[O-]. The summed E-state index contributed by atoms with van der Waals surface area (Å²) >= 11 is 0.848. The summed E-state index contributed by atoms with van der Waals surface area (Å²) < 4.78 is 29.6. The number of hydrogen-bond acceptors (Lipinski definition) is 8. The molecule has 3 N–H and O–H groups in total. The molecule has 0 radical (unpaired) electrons. The lowest BCUT2D eigenvalue weighted by Crippen LogP contribution is -2.12. The molecule has 0 aliphatic carbocycles. The summed E-state index contributed by atoms with van der Waals surface area (Å²) in [6, 6.07) is 3.24. The van der Waals surface area contributed by atoms with E-state index >= 15 is 0 Å². The first-order valence-corrected chi connectivity index (χ1v) is 7.00. The van der Waals surface area contributed by atoms with E-state index in [1.807, 2.05) is 0 Å². The van der Waals surface area contributed by atoms with E-state index in [4.69, 9.17) is 5.73 Å². The van der Waals surface area contributed by atoms with Gasteiger partial charge in [0.2, 0.25) is 0 Å². The Bertz CT molecular complexity index is 713. The van der Waals surface area contributed by atoms with Gasteiger partial charge in [-0.15, -0.1) is 5.10 Å². The molecule has 0 saturated carbocycles. The van der Waals surface area contributed by atoms with Crippen molar-refractivity contribution >= 4 is 37.9 Å². The van der Waals surface area contributed by atoms with Gasteiger partial charge in [0.15, 0.2) is 0 Å². The van der Waals surface area contributed by atoms with E-state index in [1.165, 1.54) is 12.3 Å². The molecule has 0 amide bonds. The van der Waals surface area contributed by atoms with Crippen LogP contribution in [0.4, 0.5) is 16.4 Å². The molecule has 1 aromatic heterocycles. The zero-order valence-corrected chi connectivity index (χ0v) is 10.8. The molecule has 0 atom stereocenters. The number of sulfonamides is 1. The van der Waals surface area contributed by atoms with Crippen LogP contribution in [0.3, 0.4) is 0 Å². The average molecular weight is 301 g/mol. The van der Waals surface area contributed by atoms with Gasteiger partial charge in [0.1, 0.15) is 10.7 Å². The number of nitro groups is 1. The van der Waals surface area contributed by atoms with Crippen molar-refractivity contribution in [3.05, 3.63) is 34.5 Å². The Morgan fingerprint density at radius 1 is 1.42 bits per heavy atom. The monoisotopic (exact) mass is 301 g/mol. The maximum atomic E-state index is 12.0. The number of nitrogens with two attached hydrogens (primary N) is 1. The van der Waals surface area contributed by atoms with E-state index in [0.29, 0.717) is 0 Å². The highest BCUT2D eigenvalue weighted by atomic mass is 32.2. The van der Waals surface area contributed by atoms with E-state index in [9.17, 15) is 18.5 Å². The third-order valence-corrected chi connectivity index (χ3v) is 4.18. The van der Waals surface area contributed by atoms with Crippen LogP contribution in [-0.2, 0) is 10.0 Å². The lowest BCUT2D eigenvalue weighted by atomic mass is 10.3. The Balaban J connectivity index is 2.41. The standard InChI is InChI=1S/C8H7N5O4S2/c9-6-2-1-5(3-7(6)13(14)15)19(16,17)11-8-4-10-12-18-8/h1-4,11H,9H2. The molecule has 100 valence electrons. The fraction of sp³-hybridized carbons (Fsp3) is 0. The molecule has 1 aromatic carbocycles. The topological polar surface area (TPSA) is 141 Å². The highest BCUT2D eigenvalue weighted by Crippen LogP contribution is 2.26. The average Bonchev–Trinajstić information content (AvgIpc) is 2.80. The summed E-state index contributed by atoms with van der Waals surface area (Å²) in [6.45, 7) is 0. The molecular weight excluding hydrogens is 294 g/mol. The largest absolute Gasteiger partial charge is 0.393 e. The van der Waals surface area contributed by atoms with Crippen LogP contribution in [0.2, 0.25) is 0 Å². The Morgan fingerprint density at radius 2 is 2.16 bits per heavy atom. The van der Waals surface area contributed by atoms with Crippen LogP contribution >= 0.6 is 11.5 Å². The van der Waals surface area contributed by atoms with E-state index in [0.717, 1.165) is 23.7 Å². The van der Waals surface area contributed by atoms with E-state index in [-0.39, 0.29) is 15.6 Å². The number of nitrogen functional groups attached to an aromatic ring is 1. The zero-order valence-electron chi connectivity index (χ0n) is 9.18. The van der Waals surface area contributed by atoms with Crippen LogP contribution in [0.5, 0.6) is 0 Å². The molecule has 0 spiro atoms. The Labute approximate surface area is 111 Å². The number of aromatic nitrogens is 2. The molecular formula is C8H7N5O4S2. The first kappa shape index (κ1) is 13.2. The van der Waals surface area contributed by atoms with Gasteiger partial charge < -0.3 is 5.73 Å². The van der Waals surface area contributed by atoms with Crippen LogP contribution in [0.15, 0.2) is 29.3 Å². The van der Waals surface area contributed by atoms with Gasteiger partial charge in [-0.05, 0) is 12.1 Å². The highest BCUT2D eigenvalue weighted by Gasteiger charge is 2.20. The van der Waals surface area contributed by atoms with Gasteiger partial charge >= 0.3 is 0 Å². The minimum atomic E-state index is -3.94. The van der Waals surface area contributed by atoms with Crippen molar-refractivity contribution in [3.8, 4) is 0 Å². The highest BCUT2D eigenvalue weighted by molar-refractivity contribution is 7.93. The molecule has 2 aromatic rings. The van der Waals surface area contributed by atoms with Gasteiger partial charge in [-0.2, -0.15) is 0 Å². The maximum Gasteiger partial charge on any atom is 0.293 e. The Kier molecular flexibility index (Phi) is 3.31. The normalized spacial score (nSPS) is 11.2. The quantitative estimate of drug-likeness (QED) is 0.484. The van der Waals surface area contributed by atoms with Gasteiger partial charge in [0, 0.05) is 17.6 Å². The summed E-state index contributed by atoms with van der Waals surface area (Å²) in [5, 5.41) is 14.4. The smallest absolute Gasteiger partial charge is 0.293 e. The van der Waals surface area contributed by atoms with Crippen molar-refractivity contribution in [1.82, 2.24) is 9.59 Å². The summed E-state index contributed by atoms with van der Waals surface area (Å²) in [7, 11) is -3.94. The summed E-state index contributed by atoms with van der Waals surface area (Å²) in [6.07, 6.45) is 1.23. The maximum absolute atomic E-state index is 12.0. The fourth-order valence-corrected chi connectivity index (χ4v) is 2.96. The van der Waals surface area contributed by atoms with Crippen LogP contribution in [0.1, 0.15) is 0 Å². The summed E-state index contributed by atoms with van der Waals surface area (Å²) in [4.78, 5) is 9.70. The number of nitrogens with zero attached hydrogens (tertiary/aromatic N) is 3. The molecule has 0 aliphatic heterocycles. The van der Waals surface area contributed by atoms with Gasteiger partial charge in [0.25, 0.3) is 15.7 Å². The number of nitro benzene ring substituents is 1. The van der Waals surface area contributed by atoms with Gasteiger partial charge in [-0.3, -0.25) is 14.8 Å². The second kappa shape index (κ2) is 4.78. The van der Waals surface area contributed by atoms with Gasteiger partial charge in [-0.25, -0.2) is 8.42 Å². The van der Waals surface area contributed by atoms with Crippen molar-refractivity contribution in [2.24, 2.45) is 0 Å².